The lowest BCUT2D eigenvalue weighted by molar-refractivity contribution is -0.384. The summed E-state index contributed by atoms with van der Waals surface area (Å²) in [7, 11) is 6.45. The maximum absolute atomic E-state index is 11.1. The van der Waals surface area contributed by atoms with Gasteiger partial charge in [0.1, 0.15) is 97.6 Å². The van der Waals surface area contributed by atoms with E-state index in [1.54, 1.807) is 67.4 Å². The van der Waals surface area contributed by atoms with Crippen LogP contribution in [0.25, 0.3) is 79.4 Å². The van der Waals surface area contributed by atoms with Crippen LogP contribution in [0.2, 0.25) is 0 Å². The highest BCUT2D eigenvalue weighted by atomic mass is 79.9. The molecule has 136 heavy (non-hydrogen) atoms. The molecular weight excluding hydrogens is 1980 g/mol. The van der Waals surface area contributed by atoms with Gasteiger partial charge in [0.05, 0.1) is 96.6 Å². The van der Waals surface area contributed by atoms with E-state index in [0.29, 0.717) is 129 Å². The van der Waals surface area contributed by atoms with Crippen molar-refractivity contribution in [1.82, 2.24) is 99.4 Å². The quantitative estimate of drug-likeness (QED) is 0.00589. The average molecular weight is 2070 g/mol. The van der Waals surface area contributed by atoms with Gasteiger partial charge in [-0.15, -0.1) is 52.6 Å². The lowest BCUT2D eigenvalue weighted by atomic mass is 10.1. The largest absolute Gasteiger partial charge is 0.508 e. The van der Waals surface area contributed by atoms with Crippen LogP contribution in [0.5, 0.6) is 46.0 Å². The zero-order valence-corrected chi connectivity index (χ0v) is 82.3. The second-order valence-electron chi connectivity index (χ2n) is 28.1. The van der Waals surface area contributed by atoms with E-state index in [9.17, 15) is 68.9 Å². The Morgan fingerprint density at radius 3 is 1.40 bits per heavy atom. The molecule has 0 bridgehead atoms. The van der Waals surface area contributed by atoms with Gasteiger partial charge in [-0.3, -0.25) is 78.5 Å². The van der Waals surface area contributed by atoms with Crippen LogP contribution in [0.15, 0.2) is 179 Å². The minimum atomic E-state index is -1.12. The van der Waals surface area contributed by atoms with Gasteiger partial charge in [-0.1, -0.05) is 105 Å². The van der Waals surface area contributed by atoms with E-state index in [0.717, 1.165) is 72.9 Å². The number of ketones is 7. The van der Waals surface area contributed by atoms with Crippen molar-refractivity contribution in [3.05, 3.63) is 159 Å². The van der Waals surface area contributed by atoms with Gasteiger partial charge in [0, 0.05) is 62.5 Å². The number of rotatable bonds is 34. The molecule has 0 saturated carbocycles. The highest BCUT2D eigenvalue weighted by Gasteiger charge is 2.23. The van der Waals surface area contributed by atoms with Gasteiger partial charge in [-0.25, -0.2) is 24.9 Å². The summed E-state index contributed by atoms with van der Waals surface area (Å²) in [6.07, 6.45) is 0.682. The number of halogens is 1. The molecule has 0 radical (unpaired) electrons. The molecule has 1 aliphatic heterocycles. The third kappa shape index (κ3) is 34.1. The Morgan fingerprint density at radius 2 is 0.904 bits per heavy atom. The number of hydrogen-bond donors (Lipinski definition) is 10. The number of H-pyrrole nitrogens is 5. The number of thioether (sulfide) groups is 7. The van der Waals surface area contributed by atoms with Gasteiger partial charge in [-0.05, 0) is 158 Å². The summed E-state index contributed by atoms with van der Waals surface area (Å²) >= 11 is 13.3. The number of aromatic amines is 5. The van der Waals surface area contributed by atoms with E-state index in [1.807, 2.05) is 79.7 Å². The fraction of sp³-hybridized carbons (Fsp3) is 0.247. The first-order chi connectivity index (χ1) is 65.0. The van der Waals surface area contributed by atoms with Crippen LogP contribution in [-0.2, 0) is 44.9 Å². The summed E-state index contributed by atoms with van der Waals surface area (Å²) in [5.41, 5.74) is 8.55. The zero-order chi connectivity index (χ0) is 98.7. The lowest BCUT2D eigenvalue weighted by Crippen LogP contribution is -2.12. The molecule has 0 aliphatic carbocycles. The number of ether oxygens (including phenoxy) is 4. The number of nitro groups is 1. The van der Waals surface area contributed by atoms with Crippen LogP contribution < -0.4 is 18.9 Å². The van der Waals surface area contributed by atoms with Crippen molar-refractivity contribution >= 4 is 184 Å². The molecular formula is C85H86BrN23O19S8. The minimum absolute atomic E-state index is 0.00734. The number of aromatic nitrogens is 20. The second kappa shape index (κ2) is 52.9. The fourth-order valence-electron chi connectivity index (χ4n) is 10.7. The normalized spacial score (nSPS) is 11.0. The van der Waals surface area contributed by atoms with Crippen molar-refractivity contribution in [3.63, 3.8) is 0 Å². The average Bonchev–Trinajstić information content (AvgIpc) is 1.64. The molecule has 0 spiro atoms. The first-order valence-corrected chi connectivity index (χ1v) is 48.0. The lowest BCUT2D eigenvalue weighted by Gasteiger charge is -2.07. The number of aryl methyl sites for hydroxylation is 1. The maximum Gasteiger partial charge on any atom is 0.323 e. The van der Waals surface area contributed by atoms with Crippen LogP contribution in [0.4, 0.5) is 5.69 Å². The number of hydrogen-bond acceptors (Lipinski definition) is 42. The highest BCUT2D eigenvalue weighted by molar-refractivity contribution is 9.10. The highest BCUT2D eigenvalue weighted by Crippen LogP contribution is 2.36. The number of phenols is 4. The number of phenolic OH excluding ortho intramolecular Hbond substituents is 4. The number of non-ortho nitro benzene ring substituents is 1. The van der Waals surface area contributed by atoms with Crippen molar-refractivity contribution < 1.29 is 87.8 Å². The number of carboxylic acids is 1. The number of aromatic hydroxyl groups is 4. The summed E-state index contributed by atoms with van der Waals surface area (Å²) in [6.45, 7) is 12.1. The Hall–Kier alpha value is -13.6. The number of nitro benzene ring substituents is 1. The number of nitrogens with zero attached hydrogens (tertiary/aromatic N) is 18. The Kier molecular flexibility index (Phi) is 41.3. The fourth-order valence-corrected chi connectivity index (χ4v) is 16.2. The minimum Gasteiger partial charge on any atom is -0.508 e. The van der Waals surface area contributed by atoms with Crippen LogP contribution in [-0.4, -0.2) is 256 Å². The summed E-state index contributed by atoms with van der Waals surface area (Å²) in [4.78, 5) is 119. The summed E-state index contributed by atoms with van der Waals surface area (Å²) in [5, 5.41) is 112. The van der Waals surface area contributed by atoms with Gasteiger partial charge in [-0.2, -0.15) is 13.8 Å². The van der Waals surface area contributed by atoms with E-state index < -0.39 is 17.4 Å². The molecule has 1 aliphatic rings. The molecule has 8 heterocycles. The van der Waals surface area contributed by atoms with Crippen LogP contribution in [0.1, 0.15) is 66.0 Å². The number of carboxylic acid groups (broad SMARTS) is 1. The van der Waals surface area contributed by atoms with E-state index in [-0.39, 0.29) is 85.9 Å². The number of fused-ring (bicyclic) bond motifs is 1. The van der Waals surface area contributed by atoms with Crippen molar-refractivity contribution in [2.75, 3.05) is 68.7 Å². The number of carbonyl (C=O) groups is 8. The monoisotopic (exact) mass is 2070 g/mol. The van der Waals surface area contributed by atoms with Gasteiger partial charge >= 0.3 is 5.97 Å². The molecule has 710 valence electrons. The number of carbonyl (C=O) groups excluding carboxylic acids is 7. The molecule has 15 rings (SSSR count). The van der Waals surface area contributed by atoms with Crippen molar-refractivity contribution in [2.24, 2.45) is 10.2 Å². The molecule has 0 fully saturated rings. The Labute approximate surface area is 816 Å². The predicted octanol–water partition coefficient (Wildman–Crippen LogP) is 14.8. The summed E-state index contributed by atoms with van der Waals surface area (Å²) in [6, 6.07) is 37.4. The van der Waals surface area contributed by atoms with Crippen molar-refractivity contribution in [2.45, 2.75) is 99.3 Å². The molecule has 42 nitrogen and oxygen atoms in total. The molecule has 0 saturated heterocycles. The van der Waals surface area contributed by atoms with E-state index in [4.69, 9.17) is 24.1 Å². The molecule has 0 amide bonds. The Bertz CT molecular complexity index is 6620. The molecule has 51 heteroatoms. The van der Waals surface area contributed by atoms with Crippen LogP contribution >= 0.6 is 110 Å². The molecule has 7 aromatic carbocycles. The number of aliphatic carboxylic acids is 1. The predicted molar refractivity (Wildman–Crippen MR) is 522 cm³/mol. The molecule has 0 atom stereocenters. The first kappa shape index (κ1) is 106. The van der Waals surface area contributed by atoms with Gasteiger partial charge in [0.2, 0.25) is 25.8 Å². The third-order valence-corrected chi connectivity index (χ3v) is 25.1. The summed E-state index contributed by atoms with van der Waals surface area (Å²) < 4.78 is 30.9. The van der Waals surface area contributed by atoms with Crippen molar-refractivity contribution in [1.29, 1.82) is 0 Å². The van der Waals surface area contributed by atoms with Crippen LogP contribution in [0, 0.1) is 17.0 Å². The SMILES string of the molecule is CC(=O)CSC1=NN=C(c2ccc3nsnc3c2)C1.CC(=O)CSc1n[nH]c(-c2cc(O)ccc2O)n1.CC(=O)CSc1n[nH]c(-c2ccc(O)c(O)c2)n1.CC(=O)CSc1nnc(-c2cc(Br)cc([N+](=O)[O-])c2)n1CC(=O)O.COc1cc(OC)cc(-c2nc(SCC(C)=O)n[nH]2)c1.COc1ccc(-c2nc(SCC(C)=O)n[nH]2)cc1C.COc1cccc(-c2nc(SCC(C)=O)n[nH]2)c1. The Balaban J connectivity index is 0.000000178. The summed E-state index contributed by atoms with van der Waals surface area (Å²) in [5.74, 6) is 7.15. The second-order valence-corrected chi connectivity index (χ2v) is 36.3. The third-order valence-electron chi connectivity index (χ3n) is 16.9. The van der Waals surface area contributed by atoms with Gasteiger partial charge in [0.15, 0.2) is 51.6 Å². The molecule has 14 aromatic rings. The van der Waals surface area contributed by atoms with E-state index in [1.165, 1.54) is 157 Å². The number of Topliss-reactive ketones (excluding diaryl/α,β-unsaturated/α-hetero) is 7. The number of nitrogens with one attached hydrogen (secondary N) is 5. The smallest absolute Gasteiger partial charge is 0.323 e. The standard InChI is InChI=1S/C13H11BrN4O5S.C13H15N3O3S.C13H15N3O2S.C12H10N4OS2.C12H13N3O2S.2C11H11N3O3S/c1-7(19)6-24-13-16-15-12(17(13)5-11(20)21)8-2-9(14)4-10(3-8)18(22)23;1-8(17)7-20-13-14-12(15-16-13)9-4-10(18-2)6-11(5-9)19-3;1-8-6-10(4-5-11(8)18-3)12-14-13(16-15-12)19-7-9(2)17;1-7(17)6-18-12-5-10(13-14-12)8-2-3-9-11(4-8)16-19-15-9;1-8(16)7-18-12-13-11(14-15-12)9-4-3-5-10(6-9)17-2;1-6(15)5-18-11-12-10(13-14-11)8-4-7(16)2-3-9(8)17;1-6(15)5-18-11-12-10(13-14-11)7-2-3-8(16)9(17)4-7/h2-4H,5-6H2,1H3,(H,20,21);4-6H,7H2,1-3H3,(H,14,15,16);4-6H,7H2,1-3H3,(H,14,15,16);2-4H,5-6H2,1H3;3-6H,7H2,1-2H3,(H,13,14,15);2*2-4,16-17H,5H2,1H3,(H,12,13,14). The molecule has 7 aromatic heterocycles. The Morgan fingerprint density at radius 1 is 0.449 bits per heavy atom. The number of benzene rings is 7. The zero-order valence-electron chi connectivity index (χ0n) is 74.2. The van der Waals surface area contributed by atoms with Crippen molar-refractivity contribution in [3.8, 4) is 114 Å². The number of methoxy groups -OCH3 is 4. The van der Waals surface area contributed by atoms with E-state index >= 15 is 0 Å². The molecule has 0 unspecified atom stereocenters. The van der Waals surface area contributed by atoms with E-state index in [2.05, 4.69) is 121 Å². The van der Waals surface area contributed by atoms with Gasteiger partial charge < -0.3 is 44.5 Å². The topological polar surface area (TPSA) is 607 Å². The van der Waals surface area contributed by atoms with Crippen LogP contribution in [0.3, 0.4) is 0 Å². The molecule has 10 N–H and O–H groups in total. The van der Waals surface area contributed by atoms with Gasteiger partial charge in [0.25, 0.3) is 5.69 Å². The maximum atomic E-state index is 11.1. The first-order valence-electron chi connectivity index (χ1n) is 39.5.